The Hall–Kier alpha value is -2.83. The minimum absolute atomic E-state index is 0.218. The lowest BCUT2D eigenvalue weighted by Crippen LogP contribution is -2.52. The highest BCUT2D eigenvalue weighted by atomic mass is 16.4. The summed E-state index contributed by atoms with van der Waals surface area (Å²) in [6, 6.07) is 23.2. The SMILES string of the molecule is CC(C)C[C@H](NC(=O)[C@H](Cc1ccccc1)Nc1cccc2ccccc12)B(O)O. The van der Waals surface area contributed by atoms with Gasteiger partial charge in [0.15, 0.2) is 0 Å². The van der Waals surface area contributed by atoms with E-state index in [0.29, 0.717) is 12.8 Å². The van der Waals surface area contributed by atoms with Gasteiger partial charge in [-0.1, -0.05) is 80.6 Å². The second-order valence-corrected chi connectivity index (χ2v) is 8.07. The first kappa shape index (κ1) is 21.9. The van der Waals surface area contributed by atoms with Gasteiger partial charge in [-0.15, -0.1) is 0 Å². The number of carbonyl (C=O) groups is 1. The maximum atomic E-state index is 13.2. The summed E-state index contributed by atoms with van der Waals surface area (Å²) in [5.74, 6) is -0.758. The van der Waals surface area contributed by atoms with E-state index < -0.39 is 19.1 Å². The molecule has 0 aromatic heterocycles. The van der Waals surface area contributed by atoms with E-state index in [1.807, 2.05) is 86.6 Å². The normalized spacial score (nSPS) is 13.1. The number of anilines is 1. The third-order valence-electron chi connectivity index (χ3n) is 5.13. The van der Waals surface area contributed by atoms with Crippen molar-refractivity contribution in [1.82, 2.24) is 5.32 Å². The Morgan fingerprint density at radius 3 is 2.30 bits per heavy atom. The fourth-order valence-corrected chi connectivity index (χ4v) is 3.64. The molecule has 0 aliphatic rings. The Labute approximate surface area is 178 Å². The molecule has 5 nitrogen and oxygen atoms in total. The van der Waals surface area contributed by atoms with E-state index in [2.05, 4.69) is 10.6 Å². The first-order valence-electron chi connectivity index (χ1n) is 10.4. The number of hydrogen-bond donors (Lipinski definition) is 4. The van der Waals surface area contributed by atoms with Gasteiger partial charge in [0.2, 0.25) is 5.91 Å². The van der Waals surface area contributed by atoms with Crippen molar-refractivity contribution in [2.75, 3.05) is 5.32 Å². The molecular weight excluding hydrogens is 375 g/mol. The summed E-state index contributed by atoms with van der Waals surface area (Å²) < 4.78 is 0. The van der Waals surface area contributed by atoms with Crippen molar-refractivity contribution >= 4 is 29.5 Å². The van der Waals surface area contributed by atoms with Crippen LogP contribution in [-0.2, 0) is 11.2 Å². The second-order valence-electron chi connectivity index (χ2n) is 8.07. The highest BCUT2D eigenvalue weighted by Crippen LogP contribution is 2.24. The summed E-state index contributed by atoms with van der Waals surface area (Å²) in [7, 11) is -1.61. The molecule has 0 radical (unpaired) electrons. The number of hydrogen-bond acceptors (Lipinski definition) is 4. The van der Waals surface area contributed by atoms with Crippen LogP contribution in [0.3, 0.4) is 0 Å². The molecule has 0 bridgehead atoms. The van der Waals surface area contributed by atoms with Gasteiger partial charge in [-0.25, -0.2) is 0 Å². The molecule has 0 saturated carbocycles. The predicted octanol–water partition coefficient (Wildman–Crippen LogP) is 3.41. The van der Waals surface area contributed by atoms with Crippen LogP contribution in [0.25, 0.3) is 10.8 Å². The zero-order valence-corrected chi connectivity index (χ0v) is 17.5. The average molecular weight is 404 g/mol. The first-order valence-corrected chi connectivity index (χ1v) is 10.4. The van der Waals surface area contributed by atoms with Crippen LogP contribution in [-0.4, -0.2) is 35.1 Å². The molecule has 0 saturated heterocycles. The molecule has 0 fully saturated rings. The van der Waals surface area contributed by atoms with E-state index in [0.717, 1.165) is 22.0 Å². The van der Waals surface area contributed by atoms with Crippen molar-refractivity contribution in [2.24, 2.45) is 5.92 Å². The van der Waals surface area contributed by atoms with Crippen LogP contribution in [0.5, 0.6) is 0 Å². The summed E-state index contributed by atoms with van der Waals surface area (Å²) in [4.78, 5) is 13.2. The molecule has 0 aliphatic carbocycles. The minimum Gasteiger partial charge on any atom is -0.426 e. The van der Waals surface area contributed by atoms with E-state index in [9.17, 15) is 14.8 Å². The number of benzene rings is 3. The minimum atomic E-state index is -1.61. The third-order valence-corrected chi connectivity index (χ3v) is 5.13. The molecule has 3 aromatic carbocycles. The number of fused-ring (bicyclic) bond motifs is 1. The van der Waals surface area contributed by atoms with E-state index >= 15 is 0 Å². The predicted molar refractivity (Wildman–Crippen MR) is 123 cm³/mol. The van der Waals surface area contributed by atoms with Crippen LogP contribution in [0.2, 0.25) is 0 Å². The molecule has 0 spiro atoms. The zero-order chi connectivity index (χ0) is 21.5. The Morgan fingerprint density at radius 1 is 0.933 bits per heavy atom. The largest absolute Gasteiger partial charge is 0.475 e. The summed E-state index contributed by atoms with van der Waals surface area (Å²) in [5, 5.41) is 27.8. The van der Waals surface area contributed by atoms with Gasteiger partial charge in [-0.2, -0.15) is 0 Å². The van der Waals surface area contributed by atoms with E-state index in [4.69, 9.17) is 0 Å². The molecule has 3 aromatic rings. The molecular formula is C24H29BN2O3. The molecule has 6 heteroatoms. The van der Waals surface area contributed by atoms with Gasteiger partial charge >= 0.3 is 7.12 Å². The Kier molecular flexibility index (Phi) is 7.49. The van der Waals surface area contributed by atoms with Crippen molar-refractivity contribution < 1.29 is 14.8 Å². The maximum absolute atomic E-state index is 13.2. The van der Waals surface area contributed by atoms with E-state index in [1.54, 1.807) is 0 Å². The van der Waals surface area contributed by atoms with Crippen LogP contribution in [0.15, 0.2) is 72.8 Å². The van der Waals surface area contributed by atoms with Crippen molar-refractivity contribution in [1.29, 1.82) is 0 Å². The Bertz CT molecular complexity index is 958. The van der Waals surface area contributed by atoms with Crippen LogP contribution >= 0.6 is 0 Å². The Morgan fingerprint density at radius 2 is 1.60 bits per heavy atom. The average Bonchev–Trinajstić information content (AvgIpc) is 2.73. The molecule has 156 valence electrons. The molecule has 2 atom stereocenters. The molecule has 0 heterocycles. The van der Waals surface area contributed by atoms with Gasteiger partial charge in [0.25, 0.3) is 0 Å². The number of rotatable bonds is 9. The summed E-state index contributed by atoms with van der Waals surface area (Å²) in [6.45, 7) is 3.97. The molecule has 1 amide bonds. The van der Waals surface area contributed by atoms with Crippen molar-refractivity contribution in [2.45, 2.75) is 38.7 Å². The fraction of sp³-hybridized carbons (Fsp3) is 0.292. The van der Waals surface area contributed by atoms with Gasteiger partial charge in [0, 0.05) is 17.5 Å². The lowest BCUT2D eigenvalue weighted by Gasteiger charge is -2.25. The molecule has 3 rings (SSSR count). The fourth-order valence-electron chi connectivity index (χ4n) is 3.64. The molecule has 0 aliphatic heterocycles. The van der Waals surface area contributed by atoms with E-state index in [1.165, 1.54) is 0 Å². The monoisotopic (exact) mass is 404 g/mol. The summed E-state index contributed by atoms with van der Waals surface area (Å²) >= 11 is 0. The number of amides is 1. The zero-order valence-electron chi connectivity index (χ0n) is 17.5. The quantitative estimate of drug-likeness (QED) is 0.412. The standard InChI is InChI=1S/C24H29BN2O3/c1-17(2)15-23(25(29)30)27-24(28)22(16-18-9-4-3-5-10-18)26-21-14-8-12-19-11-6-7-13-20(19)21/h3-14,17,22-23,26,29-30H,15-16H2,1-2H3,(H,27,28)/t22-,23-/m0/s1. The van der Waals surface area contributed by atoms with Crippen LogP contribution in [0.4, 0.5) is 5.69 Å². The second kappa shape index (κ2) is 10.3. The molecule has 0 unspecified atom stereocenters. The van der Waals surface area contributed by atoms with Crippen molar-refractivity contribution in [3.05, 3.63) is 78.4 Å². The first-order chi connectivity index (χ1) is 14.4. The van der Waals surface area contributed by atoms with Crippen molar-refractivity contribution in [3.8, 4) is 0 Å². The highest BCUT2D eigenvalue weighted by Gasteiger charge is 2.29. The van der Waals surface area contributed by atoms with Crippen molar-refractivity contribution in [3.63, 3.8) is 0 Å². The van der Waals surface area contributed by atoms with E-state index in [-0.39, 0.29) is 11.8 Å². The lowest BCUT2D eigenvalue weighted by atomic mass is 9.75. The summed E-state index contributed by atoms with van der Waals surface area (Å²) in [6.07, 6.45) is 0.960. The lowest BCUT2D eigenvalue weighted by molar-refractivity contribution is -0.122. The van der Waals surface area contributed by atoms with Gasteiger partial charge in [-0.05, 0) is 29.4 Å². The maximum Gasteiger partial charge on any atom is 0.475 e. The third kappa shape index (κ3) is 5.84. The van der Waals surface area contributed by atoms with Crippen LogP contribution in [0, 0.1) is 5.92 Å². The Balaban J connectivity index is 1.87. The van der Waals surface area contributed by atoms with Gasteiger partial charge < -0.3 is 20.7 Å². The summed E-state index contributed by atoms with van der Waals surface area (Å²) in [5.41, 5.74) is 1.89. The van der Waals surface area contributed by atoms with Crippen LogP contribution in [0.1, 0.15) is 25.8 Å². The number of carbonyl (C=O) groups excluding carboxylic acids is 1. The smallest absolute Gasteiger partial charge is 0.426 e. The molecule has 30 heavy (non-hydrogen) atoms. The molecule has 4 N–H and O–H groups in total. The van der Waals surface area contributed by atoms with Gasteiger partial charge in [-0.3, -0.25) is 4.79 Å². The van der Waals surface area contributed by atoms with Gasteiger partial charge in [0.05, 0.1) is 5.94 Å². The topological polar surface area (TPSA) is 81.6 Å². The highest BCUT2D eigenvalue weighted by molar-refractivity contribution is 6.43. The number of nitrogens with one attached hydrogen (secondary N) is 2. The van der Waals surface area contributed by atoms with Crippen LogP contribution < -0.4 is 10.6 Å². The van der Waals surface area contributed by atoms with Gasteiger partial charge in [0.1, 0.15) is 6.04 Å².